The average molecular weight is 287 g/mol. The first-order chi connectivity index (χ1) is 8.20. The maximum Gasteiger partial charge on any atom is 0.275 e. The van der Waals surface area contributed by atoms with Crippen LogP contribution in [0, 0.1) is 5.41 Å². The van der Waals surface area contributed by atoms with Gasteiger partial charge in [-0.1, -0.05) is 20.8 Å². The summed E-state index contributed by atoms with van der Waals surface area (Å²) in [6.45, 7) is 8.16. The molecule has 100 valence electrons. The molecule has 0 radical (unpaired) electrons. The predicted octanol–water partition coefficient (Wildman–Crippen LogP) is 2.24. The molecule has 1 aromatic rings. The SMILES string of the molecule is CC(N=C1Nc2ccsc2S(=O)(=O)N1)C(C)(C)C. The summed E-state index contributed by atoms with van der Waals surface area (Å²) >= 11 is 1.19. The van der Waals surface area contributed by atoms with Crippen LogP contribution in [0.5, 0.6) is 0 Å². The second-order valence-corrected chi connectivity index (χ2v) is 8.17. The van der Waals surface area contributed by atoms with Crippen LogP contribution in [-0.2, 0) is 10.0 Å². The van der Waals surface area contributed by atoms with E-state index in [0.29, 0.717) is 15.9 Å². The van der Waals surface area contributed by atoms with E-state index in [1.807, 2.05) is 6.92 Å². The highest BCUT2D eigenvalue weighted by molar-refractivity contribution is 7.92. The van der Waals surface area contributed by atoms with Crippen LogP contribution in [0.25, 0.3) is 0 Å². The van der Waals surface area contributed by atoms with Crippen LogP contribution in [0.15, 0.2) is 20.6 Å². The lowest BCUT2D eigenvalue weighted by molar-refractivity contribution is 0.341. The van der Waals surface area contributed by atoms with Crippen LogP contribution in [-0.4, -0.2) is 20.4 Å². The van der Waals surface area contributed by atoms with Gasteiger partial charge in [-0.2, -0.15) is 0 Å². The van der Waals surface area contributed by atoms with Gasteiger partial charge in [0, 0.05) is 0 Å². The molecule has 7 heteroatoms. The topological polar surface area (TPSA) is 70.6 Å². The van der Waals surface area contributed by atoms with Crippen molar-refractivity contribution in [1.29, 1.82) is 0 Å². The van der Waals surface area contributed by atoms with E-state index in [1.165, 1.54) is 11.3 Å². The standard InChI is InChI=1S/C11H17N3O2S2/c1-7(11(2,3)4)12-10-13-8-5-6-17-9(8)18(15,16)14-10/h5-7H,1-4H3,(H2,12,13,14). The fraction of sp³-hybridized carbons (Fsp3) is 0.545. The van der Waals surface area contributed by atoms with E-state index in [-0.39, 0.29) is 11.5 Å². The van der Waals surface area contributed by atoms with E-state index in [1.54, 1.807) is 11.4 Å². The van der Waals surface area contributed by atoms with Crippen molar-refractivity contribution in [3.05, 3.63) is 11.4 Å². The van der Waals surface area contributed by atoms with Gasteiger partial charge in [0.2, 0.25) is 5.96 Å². The second-order valence-electron chi connectivity index (χ2n) is 5.37. The van der Waals surface area contributed by atoms with Crippen molar-refractivity contribution >= 4 is 33.0 Å². The van der Waals surface area contributed by atoms with Crippen LogP contribution in [0.4, 0.5) is 5.69 Å². The molecule has 0 aliphatic carbocycles. The molecule has 0 bridgehead atoms. The molecule has 1 aliphatic rings. The van der Waals surface area contributed by atoms with Gasteiger partial charge in [-0.25, -0.2) is 18.1 Å². The zero-order chi connectivity index (χ0) is 13.6. The number of hydrogen-bond acceptors (Lipinski definition) is 4. The van der Waals surface area contributed by atoms with Gasteiger partial charge in [0.05, 0.1) is 11.7 Å². The van der Waals surface area contributed by atoms with E-state index in [2.05, 4.69) is 35.8 Å². The molecule has 2 heterocycles. The number of aliphatic imine (C=N–C) groups is 1. The first-order valence-corrected chi connectivity index (χ1v) is 8.01. The van der Waals surface area contributed by atoms with Gasteiger partial charge in [-0.3, -0.25) is 0 Å². The van der Waals surface area contributed by atoms with Crippen molar-refractivity contribution in [2.45, 2.75) is 37.9 Å². The summed E-state index contributed by atoms with van der Waals surface area (Å²) in [4.78, 5) is 4.40. The van der Waals surface area contributed by atoms with E-state index >= 15 is 0 Å². The van der Waals surface area contributed by atoms with Crippen molar-refractivity contribution in [3.63, 3.8) is 0 Å². The molecule has 1 aromatic heterocycles. The Morgan fingerprint density at radius 2 is 2.06 bits per heavy atom. The summed E-state index contributed by atoms with van der Waals surface area (Å²) in [5, 5.41) is 4.75. The first-order valence-electron chi connectivity index (χ1n) is 5.65. The quantitative estimate of drug-likeness (QED) is 0.832. The Labute approximate surface area is 111 Å². The zero-order valence-electron chi connectivity index (χ0n) is 10.8. The summed E-state index contributed by atoms with van der Waals surface area (Å²) in [6, 6.07) is 1.75. The molecule has 1 unspecified atom stereocenters. The number of anilines is 1. The van der Waals surface area contributed by atoms with Gasteiger partial charge in [0.1, 0.15) is 0 Å². The Bertz CT molecular complexity index is 582. The highest BCUT2D eigenvalue weighted by atomic mass is 32.2. The van der Waals surface area contributed by atoms with E-state index in [0.717, 1.165) is 0 Å². The molecular weight excluding hydrogens is 270 g/mol. The maximum atomic E-state index is 12.0. The number of nitrogens with one attached hydrogen (secondary N) is 2. The fourth-order valence-electron chi connectivity index (χ4n) is 1.37. The number of sulfonamides is 1. The van der Waals surface area contributed by atoms with E-state index < -0.39 is 10.0 Å². The minimum atomic E-state index is -3.46. The number of hydrogen-bond donors (Lipinski definition) is 2. The highest BCUT2D eigenvalue weighted by Gasteiger charge is 2.29. The van der Waals surface area contributed by atoms with Crippen LogP contribution in [0.3, 0.4) is 0 Å². The number of guanidine groups is 1. The Balaban J connectivity index is 2.34. The Morgan fingerprint density at radius 1 is 1.39 bits per heavy atom. The van der Waals surface area contributed by atoms with Gasteiger partial charge >= 0.3 is 0 Å². The minimum Gasteiger partial charge on any atom is -0.324 e. The van der Waals surface area contributed by atoms with Crippen molar-refractivity contribution in [2.24, 2.45) is 10.4 Å². The predicted molar refractivity (Wildman–Crippen MR) is 74.6 cm³/mol. The molecule has 2 rings (SSSR count). The Morgan fingerprint density at radius 3 is 2.67 bits per heavy atom. The van der Waals surface area contributed by atoms with Gasteiger partial charge in [-0.05, 0) is 23.8 Å². The molecule has 0 aromatic carbocycles. The summed E-state index contributed by atoms with van der Waals surface area (Å²) in [5.74, 6) is 0.295. The molecule has 0 amide bonds. The van der Waals surface area contributed by atoms with Gasteiger partial charge in [0.25, 0.3) is 10.0 Å². The summed E-state index contributed by atoms with van der Waals surface area (Å²) < 4.78 is 26.7. The number of nitrogens with zero attached hydrogens (tertiary/aromatic N) is 1. The molecule has 18 heavy (non-hydrogen) atoms. The largest absolute Gasteiger partial charge is 0.324 e. The first kappa shape index (κ1) is 13.4. The summed E-state index contributed by atoms with van der Waals surface area (Å²) in [5.41, 5.74) is 0.577. The zero-order valence-corrected chi connectivity index (χ0v) is 12.4. The van der Waals surface area contributed by atoms with Gasteiger partial charge < -0.3 is 5.32 Å². The lowest BCUT2D eigenvalue weighted by Crippen LogP contribution is -2.41. The maximum absolute atomic E-state index is 12.0. The molecule has 5 nitrogen and oxygen atoms in total. The molecule has 1 atom stereocenters. The summed E-state index contributed by atoms with van der Waals surface area (Å²) in [7, 11) is -3.46. The second kappa shape index (κ2) is 4.24. The van der Waals surface area contributed by atoms with E-state index in [4.69, 9.17) is 0 Å². The third kappa shape index (κ3) is 2.51. The summed E-state index contributed by atoms with van der Waals surface area (Å²) in [6.07, 6.45) is 0. The molecule has 2 N–H and O–H groups in total. The van der Waals surface area contributed by atoms with Gasteiger partial charge in [-0.15, -0.1) is 11.3 Å². The third-order valence-corrected chi connectivity index (χ3v) is 5.76. The third-order valence-electron chi connectivity index (χ3n) is 2.93. The normalized spacial score (nSPS) is 21.9. The smallest absolute Gasteiger partial charge is 0.275 e. The highest BCUT2D eigenvalue weighted by Crippen LogP contribution is 2.30. The minimum absolute atomic E-state index is 0.00267. The Kier molecular flexibility index (Phi) is 3.14. The van der Waals surface area contributed by atoms with Crippen LogP contribution < -0.4 is 10.0 Å². The average Bonchev–Trinajstić information content (AvgIpc) is 2.63. The Hall–Kier alpha value is -1.08. The van der Waals surface area contributed by atoms with Crippen molar-refractivity contribution in [2.75, 3.05) is 5.32 Å². The van der Waals surface area contributed by atoms with Crippen LogP contribution >= 0.6 is 11.3 Å². The molecule has 1 aliphatic heterocycles. The van der Waals surface area contributed by atoms with Crippen LogP contribution in [0.2, 0.25) is 0 Å². The molecule has 0 saturated heterocycles. The monoisotopic (exact) mass is 287 g/mol. The molecule has 0 spiro atoms. The number of thiophene rings is 1. The number of fused-ring (bicyclic) bond motifs is 1. The molecule has 0 fully saturated rings. The fourth-order valence-corrected chi connectivity index (χ4v) is 3.60. The lowest BCUT2D eigenvalue weighted by atomic mass is 9.89. The van der Waals surface area contributed by atoms with Crippen LogP contribution in [0.1, 0.15) is 27.7 Å². The molecular formula is C11H17N3O2S2. The van der Waals surface area contributed by atoms with Crippen molar-refractivity contribution in [1.82, 2.24) is 4.72 Å². The van der Waals surface area contributed by atoms with Gasteiger partial charge in [0.15, 0.2) is 4.21 Å². The molecule has 0 saturated carbocycles. The van der Waals surface area contributed by atoms with Crippen molar-refractivity contribution in [3.8, 4) is 0 Å². The van der Waals surface area contributed by atoms with E-state index in [9.17, 15) is 8.42 Å². The number of rotatable bonds is 1. The van der Waals surface area contributed by atoms with Crippen molar-refractivity contribution < 1.29 is 8.42 Å². The lowest BCUT2D eigenvalue weighted by Gasteiger charge is -2.26.